The molecule has 1 aromatic heterocycles. The van der Waals surface area contributed by atoms with Gasteiger partial charge in [-0.2, -0.15) is 13.2 Å². The van der Waals surface area contributed by atoms with Gasteiger partial charge in [0.1, 0.15) is 5.76 Å². The van der Waals surface area contributed by atoms with Gasteiger partial charge in [0.05, 0.1) is 5.56 Å². The second-order valence-electron chi connectivity index (χ2n) is 7.77. The maximum absolute atomic E-state index is 12.9. The Labute approximate surface area is 166 Å². The van der Waals surface area contributed by atoms with Crippen LogP contribution in [0, 0.1) is 0 Å². The molecule has 6 nitrogen and oxygen atoms in total. The molecule has 2 N–H and O–H groups in total. The summed E-state index contributed by atoms with van der Waals surface area (Å²) in [6.07, 6.45) is -2.73. The molecule has 2 aromatic rings. The van der Waals surface area contributed by atoms with Crippen LogP contribution in [0.5, 0.6) is 0 Å². The van der Waals surface area contributed by atoms with Gasteiger partial charge in [0.25, 0.3) is 0 Å². The summed E-state index contributed by atoms with van der Waals surface area (Å²) in [5.74, 6) is 1.21. The molecular weight excluding hydrogens is 387 g/mol. The number of carbonyl (C=O) groups is 1. The number of hydrogen-bond donors (Lipinski definition) is 2. The standard InChI is InChI=1S/C20H24F3N3O3/c1-19(2,14-4-3-5-15(10-14)20(21,22)23)12-24-18(27)25-17-11-16(29-26-17)13-6-8-28-9-7-13/h3-5,10-11,13H,6-9,12H2,1-2H3,(H2,24,25,26,27). The van der Waals surface area contributed by atoms with E-state index >= 15 is 0 Å². The van der Waals surface area contributed by atoms with Crippen LogP contribution in [-0.2, 0) is 16.3 Å². The Bertz CT molecular complexity index is 843. The smallest absolute Gasteiger partial charge is 0.381 e. The minimum absolute atomic E-state index is 0.144. The normalized spacial score (nSPS) is 15.9. The largest absolute Gasteiger partial charge is 0.416 e. The lowest BCUT2D eigenvalue weighted by Crippen LogP contribution is -2.39. The van der Waals surface area contributed by atoms with Gasteiger partial charge in [0, 0.05) is 37.2 Å². The third-order valence-electron chi connectivity index (χ3n) is 5.06. The molecule has 0 saturated carbocycles. The molecule has 1 aliphatic heterocycles. The summed E-state index contributed by atoms with van der Waals surface area (Å²) in [5.41, 5.74) is -0.929. The van der Waals surface area contributed by atoms with Crippen LogP contribution >= 0.6 is 0 Å². The molecular formula is C20H24F3N3O3. The monoisotopic (exact) mass is 411 g/mol. The summed E-state index contributed by atoms with van der Waals surface area (Å²) in [6, 6.07) is 6.31. The van der Waals surface area contributed by atoms with E-state index in [9.17, 15) is 18.0 Å². The van der Waals surface area contributed by atoms with E-state index < -0.39 is 23.2 Å². The first kappa shape index (κ1) is 21.2. The summed E-state index contributed by atoms with van der Waals surface area (Å²) in [5, 5.41) is 9.14. The molecule has 29 heavy (non-hydrogen) atoms. The van der Waals surface area contributed by atoms with Crippen LogP contribution in [0.2, 0.25) is 0 Å². The highest BCUT2D eigenvalue weighted by Gasteiger charge is 2.32. The van der Waals surface area contributed by atoms with E-state index in [1.807, 2.05) is 0 Å². The number of ether oxygens (including phenoxy) is 1. The van der Waals surface area contributed by atoms with E-state index in [0.717, 1.165) is 25.0 Å². The fourth-order valence-corrected chi connectivity index (χ4v) is 3.20. The van der Waals surface area contributed by atoms with Crippen molar-refractivity contribution in [3.05, 3.63) is 47.2 Å². The quantitative estimate of drug-likeness (QED) is 0.749. The van der Waals surface area contributed by atoms with Gasteiger partial charge in [-0.25, -0.2) is 4.79 Å². The molecule has 3 rings (SSSR count). The molecule has 0 radical (unpaired) electrons. The molecule has 2 heterocycles. The molecule has 158 valence electrons. The maximum atomic E-state index is 12.9. The van der Waals surface area contributed by atoms with Crippen molar-refractivity contribution in [3.63, 3.8) is 0 Å². The van der Waals surface area contributed by atoms with E-state index in [1.54, 1.807) is 26.0 Å². The number of aromatic nitrogens is 1. The van der Waals surface area contributed by atoms with Crippen LogP contribution in [0.15, 0.2) is 34.9 Å². The predicted octanol–water partition coefficient (Wildman–Crippen LogP) is 4.69. The molecule has 0 unspecified atom stereocenters. The van der Waals surface area contributed by atoms with Gasteiger partial charge >= 0.3 is 12.2 Å². The van der Waals surface area contributed by atoms with Gasteiger partial charge in [-0.05, 0) is 24.5 Å². The Kier molecular flexibility index (Phi) is 6.16. The van der Waals surface area contributed by atoms with Crippen LogP contribution in [0.3, 0.4) is 0 Å². The van der Waals surface area contributed by atoms with Crippen LogP contribution < -0.4 is 10.6 Å². The first-order chi connectivity index (χ1) is 13.6. The van der Waals surface area contributed by atoms with Crippen molar-refractivity contribution in [1.29, 1.82) is 0 Å². The van der Waals surface area contributed by atoms with Gasteiger partial charge in [0.2, 0.25) is 0 Å². The summed E-state index contributed by atoms with van der Waals surface area (Å²) >= 11 is 0. The molecule has 0 atom stereocenters. The van der Waals surface area contributed by atoms with Gasteiger partial charge in [-0.3, -0.25) is 5.32 Å². The Hall–Kier alpha value is -2.55. The Morgan fingerprint density at radius 2 is 1.86 bits per heavy atom. The van der Waals surface area contributed by atoms with Crippen LogP contribution in [-0.4, -0.2) is 30.9 Å². The first-order valence-corrected chi connectivity index (χ1v) is 9.42. The average Bonchev–Trinajstić information content (AvgIpc) is 3.15. The number of nitrogens with one attached hydrogen (secondary N) is 2. The van der Waals surface area contributed by atoms with Crippen molar-refractivity contribution in [2.75, 3.05) is 25.1 Å². The number of nitrogens with zero attached hydrogens (tertiary/aromatic N) is 1. The lowest BCUT2D eigenvalue weighted by molar-refractivity contribution is -0.137. The number of amides is 2. The first-order valence-electron chi connectivity index (χ1n) is 9.42. The van der Waals surface area contributed by atoms with E-state index in [1.165, 1.54) is 6.07 Å². The minimum atomic E-state index is -4.41. The number of urea groups is 1. The number of rotatable bonds is 5. The molecule has 0 spiro atoms. The van der Waals surface area contributed by atoms with Crippen molar-refractivity contribution < 1.29 is 27.2 Å². The zero-order valence-corrected chi connectivity index (χ0v) is 16.3. The van der Waals surface area contributed by atoms with E-state index in [0.29, 0.717) is 30.4 Å². The molecule has 1 fully saturated rings. The van der Waals surface area contributed by atoms with E-state index in [4.69, 9.17) is 9.26 Å². The van der Waals surface area contributed by atoms with Crippen molar-refractivity contribution in [1.82, 2.24) is 10.5 Å². The summed E-state index contributed by atoms with van der Waals surface area (Å²) in [4.78, 5) is 12.2. The van der Waals surface area contributed by atoms with Crippen LogP contribution in [0.1, 0.15) is 49.5 Å². The highest BCUT2D eigenvalue weighted by atomic mass is 19.4. The number of carbonyl (C=O) groups excluding carboxylic acids is 1. The summed E-state index contributed by atoms with van der Waals surface area (Å²) in [6.45, 7) is 5.01. The Morgan fingerprint density at radius 1 is 1.17 bits per heavy atom. The molecule has 1 aliphatic rings. The van der Waals surface area contributed by atoms with Crippen molar-refractivity contribution >= 4 is 11.8 Å². The van der Waals surface area contributed by atoms with Crippen molar-refractivity contribution in [2.24, 2.45) is 0 Å². The number of alkyl halides is 3. The van der Waals surface area contributed by atoms with Gasteiger partial charge < -0.3 is 14.6 Å². The van der Waals surface area contributed by atoms with Gasteiger partial charge in [-0.1, -0.05) is 37.2 Å². The Morgan fingerprint density at radius 3 is 2.55 bits per heavy atom. The van der Waals surface area contributed by atoms with Crippen LogP contribution in [0.4, 0.5) is 23.8 Å². The zero-order chi connectivity index (χ0) is 21.1. The van der Waals surface area contributed by atoms with E-state index in [2.05, 4.69) is 15.8 Å². The Balaban J connectivity index is 1.56. The molecule has 9 heteroatoms. The molecule has 2 amide bonds. The topological polar surface area (TPSA) is 76.4 Å². The third kappa shape index (κ3) is 5.50. The minimum Gasteiger partial charge on any atom is -0.381 e. The fraction of sp³-hybridized carbons (Fsp3) is 0.500. The van der Waals surface area contributed by atoms with Crippen LogP contribution in [0.25, 0.3) is 0 Å². The van der Waals surface area contributed by atoms with Gasteiger partial charge in [0.15, 0.2) is 5.82 Å². The molecule has 1 saturated heterocycles. The highest BCUT2D eigenvalue weighted by molar-refractivity contribution is 5.88. The molecule has 0 aliphatic carbocycles. The second-order valence-corrected chi connectivity index (χ2v) is 7.77. The van der Waals surface area contributed by atoms with E-state index in [-0.39, 0.29) is 12.5 Å². The highest BCUT2D eigenvalue weighted by Crippen LogP contribution is 2.32. The van der Waals surface area contributed by atoms with Crippen molar-refractivity contribution in [2.45, 2.75) is 44.2 Å². The lowest BCUT2D eigenvalue weighted by atomic mass is 9.84. The number of hydrogen-bond acceptors (Lipinski definition) is 4. The maximum Gasteiger partial charge on any atom is 0.416 e. The summed E-state index contributed by atoms with van der Waals surface area (Å²) < 4.78 is 49.5. The predicted molar refractivity (Wildman–Crippen MR) is 101 cm³/mol. The lowest BCUT2D eigenvalue weighted by Gasteiger charge is -2.26. The second kappa shape index (κ2) is 8.44. The fourth-order valence-electron chi connectivity index (χ4n) is 3.20. The number of benzene rings is 1. The number of anilines is 1. The summed E-state index contributed by atoms with van der Waals surface area (Å²) in [7, 11) is 0. The average molecular weight is 411 g/mol. The third-order valence-corrected chi connectivity index (χ3v) is 5.06. The molecule has 1 aromatic carbocycles. The van der Waals surface area contributed by atoms with Gasteiger partial charge in [-0.15, -0.1) is 0 Å². The molecule has 0 bridgehead atoms. The number of halogens is 3. The zero-order valence-electron chi connectivity index (χ0n) is 16.3. The SMILES string of the molecule is CC(C)(CNC(=O)Nc1cc(C2CCOCC2)on1)c1cccc(C(F)(F)F)c1. The van der Waals surface area contributed by atoms with Crippen molar-refractivity contribution in [3.8, 4) is 0 Å².